The number of aromatic nitrogens is 2. The van der Waals surface area contributed by atoms with E-state index in [9.17, 15) is 5.11 Å². The second-order valence-electron chi connectivity index (χ2n) is 5.93. The van der Waals surface area contributed by atoms with Gasteiger partial charge in [-0.2, -0.15) is 0 Å². The molecule has 124 valence electrons. The van der Waals surface area contributed by atoms with E-state index < -0.39 is 0 Å². The fraction of sp³-hybridized carbons (Fsp3) is 0.529. The van der Waals surface area contributed by atoms with Crippen LogP contribution in [0.3, 0.4) is 0 Å². The zero-order valence-electron chi connectivity index (χ0n) is 13.5. The number of aliphatic hydroxyl groups is 1. The molecule has 1 fully saturated rings. The molecule has 0 saturated carbocycles. The SMILES string of the molecule is CCc1nc(CNc2cccnc2N2CCC(CO)CC2)cs1. The Labute approximate surface area is 141 Å². The van der Waals surface area contributed by atoms with Crippen molar-refractivity contribution < 1.29 is 5.11 Å². The van der Waals surface area contributed by atoms with Crippen LogP contribution in [0.25, 0.3) is 0 Å². The highest BCUT2D eigenvalue weighted by Gasteiger charge is 2.21. The molecular formula is C17H24N4OS. The highest BCUT2D eigenvalue weighted by molar-refractivity contribution is 7.09. The molecule has 0 spiro atoms. The van der Waals surface area contributed by atoms with Crippen molar-refractivity contribution in [1.82, 2.24) is 9.97 Å². The summed E-state index contributed by atoms with van der Waals surface area (Å²) in [6.45, 7) is 5.06. The first-order valence-corrected chi connectivity index (χ1v) is 9.16. The Morgan fingerprint density at radius 2 is 2.22 bits per heavy atom. The average molecular weight is 332 g/mol. The monoisotopic (exact) mass is 332 g/mol. The highest BCUT2D eigenvalue weighted by atomic mass is 32.1. The van der Waals surface area contributed by atoms with Gasteiger partial charge in [0.25, 0.3) is 0 Å². The van der Waals surface area contributed by atoms with Crippen LogP contribution in [0.4, 0.5) is 11.5 Å². The molecule has 6 heteroatoms. The average Bonchev–Trinajstić information content (AvgIpc) is 3.08. The summed E-state index contributed by atoms with van der Waals surface area (Å²) in [6, 6.07) is 4.04. The maximum atomic E-state index is 9.28. The molecule has 2 aromatic rings. The van der Waals surface area contributed by atoms with Crippen LogP contribution in [0.5, 0.6) is 0 Å². The quantitative estimate of drug-likeness (QED) is 0.852. The minimum Gasteiger partial charge on any atom is -0.396 e. The Morgan fingerprint density at radius 1 is 1.39 bits per heavy atom. The number of thiazole rings is 1. The van der Waals surface area contributed by atoms with Crippen molar-refractivity contribution in [3.63, 3.8) is 0 Å². The second-order valence-corrected chi connectivity index (χ2v) is 6.87. The van der Waals surface area contributed by atoms with Gasteiger partial charge in [0.1, 0.15) is 0 Å². The third-order valence-corrected chi connectivity index (χ3v) is 5.36. The smallest absolute Gasteiger partial charge is 0.151 e. The Kier molecular flexibility index (Phi) is 5.46. The van der Waals surface area contributed by atoms with E-state index in [1.54, 1.807) is 11.3 Å². The Hall–Kier alpha value is -1.66. The molecule has 0 bridgehead atoms. The lowest BCUT2D eigenvalue weighted by atomic mass is 9.98. The van der Waals surface area contributed by atoms with Crippen LogP contribution in [0.15, 0.2) is 23.7 Å². The molecular weight excluding hydrogens is 308 g/mol. The van der Waals surface area contributed by atoms with E-state index in [-0.39, 0.29) is 0 Å². The van der Waals surface area contributed by atoms with Crippen molar-refractivity contribution in [3.05, 3.63) is 34.4 Å². The lowest BCUT2D eigenvalue weighted by Gasteiger charge is -2.33. The van der Waals surface area contributed by atoms with Crippen molar-refractivity contribution in [2.75, 3.05) is 29.9 Å². The first-order valence-electron chi connectivity index (χ1n) is 8.28. The molecule has 2 aromatic heterocycles. The summed E-state index contributed by atoms with van der Waals surface area (Å²) in [5, 5.41) is 16.1. The van der Waals surface area contributed by atoms with Gasteiger partial charge in [0.15, 0.2) is 5.82 Å². The number of aryl methyl sites for hydroxylation is 1. The van der Waals surface area contributed by atoms with Crippen molar-refractivity contribution in [2.24, 2.45) is 5.92 Å². The normalized spacial score (nSPS) is 15.8. The standard InChI is InChI=1S/C17H24N4OS/c1-2-16-20-14(12-23-16)10-19-15-4-3-7-18-17(15)21-8-5-13(11-22)6-9-21/h3-4,7,12-13,19,22H,2,5-6,8-11H2,1H3. The molecule has 0 aromatic carbocycles. The molecule has 2 N–H and O–H groups in total. The number of nitrogens with one attached hydrogen (secondary N) is 1. The van der Waals surface area contributed by atoms with Crippen LogP contribution >= 0.6 is 11.3 Å². The Bertz CT molecular complexity index is 623. The number of hydrogen-bond donors (Lipinski definition) is 2. The largest absolute Gasteiger partial charge is 0.396 e. The molecule has 5 nitrogen and oxygen atoms in total. The van der Waals surface area contributed by atoms with Crippen LogP contribution in [0.1, 0.15) is 30.5 Å². The van der Waals surface area contributed by atoms with Crippen LogP contribution in [-0.4, -0.2) is 34.8 Å². The molecule has 1 aliphatic rings. The van der Waals surface area contributed by atoms with Gasteiger partial charge in [-0.05, 0) is 37.3 Å². The van der Waals surface area contributed by atoms with Crippen LogP contribution < -0.4 is 10.2 Å². The minimum absolute atomic E-state index is 0.296. The van der Waals surface area contributed by atoms with Gasteiger partial charge >= 0.3 is 0 Å². The molecule has 3 rings (SSSR count). The van der Waals surface area contributed by atoms with Crippen molar-refractivity contribution in [1.29, 1.82) is 0 Å². The maximum absolute atomic E-state index is 9.28. The van der Waals surface area contributed by atoms with E-state index in [1.165, 1.54) is 5.01 Å². The van der Waals surface area contributed by atoms with Gasteiger partial charge in [-0.15, -0.1) is 11.3 Å². The topological polar surface area (TPSA) is 61.3 Å². The predicted octanol–water partition coefficient (Wildman–Crippen LogP) is 2.92. The summed E-state index contributed by atoms with van der Waals surface area (Å²) in [6.07, 6.45) is 4.89. The van der Waals surface area contributed by atoms with Crippen LogP contribution in [0, 0.1) is 5.92 Å². The Balaban J connectivity index is 1.66. The van der Waals surface area contributed by atoms with Gasteiger partial charge < -0.3 is 15.3 Å². The molecule has 3 heterocycles. The van der Waals surface area contributed by atoms with Gasteiger partial charge in [-0.25, -0.2) is 9.97 Å². The summed E-state index contributed by atoms with van der Waals surface area (Å²) in [5.41, 5.74) is 2.14. The number of pyridine rings is 1. The summed E-state index contributed by atoms with van der Waals surface area (Å²) < 4.78 is 0. The number of hydrogen-bond acceptors (Lipinski definition) is 6. The Morgan fingerprint density at radius 3 is 2.91 bits per heavy atom. The molecule has 0 atom stereocenters. The van der Waals surface area contributed by atoms with E-state index in [0.29, 0.717) is 12.5 Å². The van der Waals surface area contributed by atoms with Crippen LogP contribution in [0.2, 0.25) is 0 Å². The van der Waals surface area contributed by atoms with E-state index in [1.807, 2.05) is 12.3 Å². The molecule has 1 saturated heterocycles. The third kappa shape index (κ3) is 4.00. The van der Waals surface area contributed by atoms with Crippen molar-refractivity contribution >= 4 is 22.8 Å². The number of nitrogens with zero attached hydrogens (tertiary/aromatic N) is 3. The number of piperidine rings is 1. The lowest BCUT2D eigenvalue weighted by molar-refractivity contribution is 0.203. The molecule has 0 radical (unpaired) electrons. The minimum atomic E-state index is 0.296. The first kappa shape index (κ1) is 16.2. The number of anilines is 2. The van der Waals surface area contributed by atoms with E-state index in [2.05, 4.69) is 38.6 Å². The molecule has 1 aliphatic heterocycles. The fourth-order valence-corrected chi connectivity index (χ4v) is 3.64. The highest BCUT2D eigenvalue weighted by Crippen LogP contribution is 2.28. The van der Waals surface area contributed by atoms with Crippen molar-refractivity contribution in [3.8, 4) is 0 Å². The second kappa shape index (κ2) is 7.75. The van der Waals surface area contributed by atoms with Gasteiger partial charge in [0.05, 0.1) is 22.9 Å². The fourth-order valence-electron chi connectivity index (χ4n) is 2.89. The van der Waals surface area contributed by atoms with E-state index >= 15 is 0 Å². The summed E-state index contributed by atoms with van der Waals surface area (Å²) >= 11 is 1.72. The van der Waals surface area contributed by atoms with Gasteiger partial charge in [-0.1, -0.05) is 6.92 Å². The number of aliphatic hydroxyl groups excluding tert-OH is 1. The number of rotatable bonds is 6. The summed E-state index contributed by atoms with van der Waals surface area (Å²) in [5.74, 6) is 1.45. The van der Waals surface area contributed by atoms with Gasteiger partial charge in [0, 0.05) is 31.3 Å². The summed E-state index contributed by atoms with van der Waals surface area (Å²) in [7, 11) is 0. The summed E-state index contributed by atoms with van der Waals surface area (Å²) in [4.78, 5) is 11.5. The predicted molar refractivity (Wildman–Crippen MR) is 95.1 cm³/mol. The molecule has 23 heavy (non-hydrogen) atoms. The zero-order valence-corrected chi connectivity index (χ0v) is 14.4. The maximum Gasteiger partial charge on any atom is 0.151 e. The molecule has 0 amide bonds. The van der Waals surface area contributed by atoms with Gasteiger partial charge in [0.2, 0.25) is 0 Å². The van der Waals surface area contributed by atoms with Gasteiger partial charge in [-0.3, -0.25) is 0 Å². The van der Waals surface area contributed by atoms with Crippen molar-refractivity contribution in [2.45, 2.75) is 32.7 Å². The first-order chi connectivity index (χ1) is 11.3. The lowest BCUT2D eigenvalue weighted by Crippen LogP contribution is -2.35. The van der Waals surface area contributed by atoms with E-state index in [0.717, 1.165) is 56.1 Å². The van der Waals surface area contributed by atoms with E-state index in [4.69, 9.17) is 0 Å². The molecule has 0 unspecified atom stereocenters. The third-order valence-electron chi connectivity index (χ3n) is 4.32. The zero-order chi connectivity index (χ0) is 16.1. The molecule has 0 aliphatic carbocycles. The van der Waals surface area contributed by atoms with Crippen LogP contribution in [-0.2, 0) is 13.0 Å².